The van der Waals surface area contributed by atoms with Crippen molar-refractivity contribution in [3.05, 3.63) is 182 Å². The molecule has 0 spiro atoms. The van der Waals surface area contributed by atoms with Crippen molar-refractivity contribution >= 4 is 120 Å². The molecule has 0 bridgehead atoms. The highest BCUT2D eigenvalue weighted by atomic mass is 15.0. The Morgan fingerprint density at radius 3 is 1.90 bits per heavy atom. The molecule has 0 amide bonds. The second-order valence-electron chi connectivity index (χ2n) is 16.3. The zero-order valence-corrected chi connectivity index (χ0v) is 31.6. The van der Waals surface area contributed by atoms with Gasteiger partial charge in [-0.3, -0.25) is 4.40 Å². The van der Waals surface area contributed by atoms with Crippen LogP contribution in [0.3, 0.4) is 0 Å². The van der Waals surface area contributed by atoms with E-state index in [-0.39, 0.29) is 0 Å². The molecular formula is C55H30N4. The Hall–Kier alpha value is -7.95. The Morgan fingerprint density at radius 1 is 0.339 bits per heavy atom. The molecule has 0 unspecified atom stereocenters. The Labute approximate surface area is 335 Å². The molecule has 59 heavy (non-hydrogen) atoms. The topological polar surface area (TPSA) is 26.6 Å². The van der Waals surface area contributed by atoms with E-state index >= 15 is 0 Å². The first-order valence-electron chi connectivity index (χ1n) is 20.4. The summed E-state index contributed by atoms with van der Waals surface area (Å²) in [5.74, 6) is 0. The first kappa shape index (κ1) is 30.2. The zero-order chi connectivity index (χ0) is 38.1. The lowest BCUT2D eigenvalue weighted by atomic mass is 9.97. The summed E-state index contributed by atoms with van der Waals surface area (Å²) in [4.78, 5) is 5.73. The van der Waals surface area contributed by atoms with Crippen LogP contribution in [-0.2, 0) is 0 Å². The van der Waals surface area contributed by atoms with Gasteiger partial charge < -0.3 is 8.97 Å². The van der Waals surface area contributed by atoms with E-state index in [1.54, 1.807) is 0 Å². The molecule has 0 saturated carbocycles. The second kappa shape index (κ2) is 10.5. The summed E-state index contributed by atoms with van der Waals surface area (Å²) in [6.07, 6.45) is 0. The lowest BCUT2D eigenvalue weighted by Gasteiger charge is -2.09. The van der Waals surface area contributed by atoms with Crippen LogP contribution in [0.1, 0.15) is 0 Å². The molecule has 0 aliphatic rings. The van der Waals surface area contributed by atoms with E-state index in [1.165, 1.54) is 120 Å². The SMILES string of the molecule is c1ccc(-n2c3ccccc3c3cc(-c4cccc5c6cccc7c8nc9c(cc8n(c45)c67)c4cc5ccccc5c5c6c7ccccc7ccc6n9c45)ccc32)cc1. The minimum atomic E-state index is 1.01. The van der Waals surface area contributed by atoms with E-state index in [4.69, 9.17) is 4.98 Å². The molecule has 0 N–H and O–H groups in total. The van der Waals surface area contributed by atoms with Crippen molar-refractivity contribution in [2.24, 2.45) is 0 Å². The average Bonchev–Trinajstić information content (AvgIpc) is 4.08. The number of hydrogen-bond acceptors (Lipinski definition) is 1. The van der Waals surface area contributed by atoms with Crippen LogP contribution in [-0.4, -0.2) is 18.4 Å². The number of benzene rings is 9. The molecule has 15 aromatic rings. The standard InChI is InChI=1S/C55H30N4/c1-2-14-34(15-3-1)57-45-23-9-8-18-38(45)42-28-33(25-26-46(42)57)37-19-10-20-39-40-21-11-22-41-51-48(58(52(37)39)53(40)41)30-44-43-29-32-13-5-7-17-36(32)50-49-35-16-6-4-12-31(35)24-27-47(49)59(54(43)50)55(44)56-51/h1-30H. The molecule has 0 aliphatic carbocycles. The third-order valence-corrected chi connectivity index (χ3v) is 13.4. The highest BCUT2D eigenvalue weighted by Gasteiger charge is 2.26. The molecular weight excluding hydrogens is 717 g/mol. The van der Waals surface area contributed by atoms with Crippen LogP contribution in [0.2, 0.25) is 0 Å². The summed E-state index contributed by atoms with van der Waals surface area (Å²) in [7, 11) is 0. The van der Waals surface area contributed by atoms with Crippen LogP contribution >= 0.6 is 0 Å². The van der Waals surface area contributed by atoms with Crippen molar-refractivity contribution in [3.63, 3.8) is 0 Å². The maximum Gasteiger partial charge on any atom is 0.146 e. The van der Waals surface area contributed by atoms with Gasteiger partial charge in [-0.25, -0.2) is 4.98 Å². The highest BCUT2D eigenvalue weighted by Crippen LogP contribution is 2.48. The van der Waals surface area contributed by atoms with Gasteiger partial charge in [0.15, 0.2) is 0 Å². The molecule has 0 fully saturated rings. The van der Waals surface area contributed by atoms with Crippen LogP contribution in [0.5, 0.6) is 0 Å². The number of nitrogens with zero attached hydrogens (tertiary/aromatic N) is 4. The van der Waals surface area contributed by atoms with Crippen molar-refractivity contribution in [2.75, 3.05) is 0 Å². The van der Waals surface area contributed by atoms with Gasteiger partial charge in [0.05, 0.1) is 44.1 Å². The number of fused-ring (bicyclic) bond motifs is 19. The van der Waals surface area contributed by atoms with Gasteiger partial charge in [0.1, 0.15) is 5.65 Å². The van der Waals surface area contributed by atoms with Gasteiger partial charge in [0, 0.05) is 59.7 Å². The molecule has 6 aromatic heterocycles. The highest BCUT2D eigenvalue weighted by molar-refractivity contribution is 6.36. The first-order chi connectivity index (χ1) is 29.3. The third kappa shape index (κ3) is 3.60. The molecule has 270 valence electrons. The summed E-state index contributed by atoms with van der Waals surface area (Å²) in [5, 5.41) is 16.3. The maximum atomic E-state index is 5.73. The molecule has 0 radical (unpaired) electrons. The van der Waals surface area contributed by atoms with Crippen LogP contribution in [0.4, 0.5) is 0 Å². The van der Waals surface area contributed by atoms with Crippen LogP contribution in [0.15, 0.2) is 182 Å². The van der Waals surface area contributed by atoms with Gasteiger partial charge in [-0.2, -0.15) is 0 Å². The van der Waals surface area contributed by atoms with Crippen molar-refractivity contribution in [1.29, 1.82) is 0 Å². The Morgan fingerprint density at radius 2 is 1.02 bits per heavy atom. The Balaban J connectivity index is 1.08. The molecule has 0 atom stereocenters. The smallest absolute Gasteiger partial charge is 0.146 e. The predicted molar refractivity (Wildman–Crippen MR) is 248 cm³/mol. The van der Waals surface area contributed by atoms with Crippen LogP contribution in [0, 0.1) is 0 Å². The fourth-order valence-corrected chi connectivity index (χ4v) is 11.1. The van der Waals surface area contributed by atoms with Crippen molar-refractivity contribution < 1.29 is 0 Å². The lowest BCUT2D eigenvalue weighted by molar-refractivity contribution is 1.18. The van der Waals surface area contributed by atoms with E-state index in [0.717, 1.165) is 16.7 Å². The predicted octanol–water partition coefficient (Wildman–Crippen LogP) is 14.5. The second-order valence-corrected chi connectivity index (χ2v) is 16.3. The van der Waals surface area contributed by atoms with Gasteiger partial charge in [0.25, 0.3) is 0 Å². The lowest BCUT2D eigenvalue weighted by Crippen LogP contribution is -1.93. The fourth-order valence-electron chi connectivity index (χ4n) is 11.1. The van der Waals surface area contributed by atoms with Crippen LogP contribution < -0.4 is 0 Å². The van der Waals surface area contributed by atoms with Gasteiger partial charge in [-0.1, -0.05) is 133 Å². The van der Waals surface area contributed by atoms with Gasteiger partial charge >= 0.3 is 0 Å². The van der Waals surface area contributed by atoms with Gasteiger partial charge in [-0.15, -0.1) is 0 Å². The molecule has 0 saturated heterocycles. The number of aromatic nitrogens is 4. The van der Waals surface area contributed by atoms with E-state index in [9.17, 15) is 0 Å². The monoisotopic (exact) mass is 746 g/mol. The zero-order valence-electron chi connectivity index (χ0n) is 31.6. The van der Waals surface area contributed by atoms with E-state index in [1.807, 2.05) is 0 Å². The van der Waals surface area contributed by atoms with Crippen molar-refractivity contribution in [2.45, 2.75) is 0 Å². The number of para-hydroxylation sites is 4. The quantitative estimate of drug-likeness (QED) is 0.173. The molecule has 6 heterocycles. The maximum absolute atomic E-state index is 5.73. The number of rotatable bonds is 2. The minimum Gasteiger partial charge on any atom is -0.309 e. The molecule has 9 aromatic carbocycles. The average molecular weight is 747 g/mol. The van der Waals surface area contributed by atoms with Gasteiger partial charge in [0.2, 0.25) is 0 Å². The summed E-state index contributed by atoms with van der Waals surface area (Å²) in [6, 6.07) is 67.2. The van der Waals surface area contributed by atoms with Crippen LogP contribution in [0.25, 0.3) is 137 Å². The fraction of sp³-hybridized carbons (Fsp3) is 0. The largest absolute Gasteiger partial charge is 0.309 e. The summed E-state index contributed by atoms with van der Waals surface area (Å²) in [5.41, 5.74) is 14.1. The Kier molecular flexibility index (Phi) is 5.38. The Bertz CT molecular complexity index is 4300. The molecule has 4 heteroatoms. The summed E-state index contributed by atoms with van der Waals surface area (Å²) >= 11 is 0. The normalized spacial score (nSPS) is 12.7. The minimum absolute atomic E-state index is 1.01. The molecule has 15 rings (SSSR count). The molecule has 0 aliphatic heterocycles. The van der Waals surface area contributed by atoms with E-state index in [2.05, 4.69) is 195 Å². The van der Waals surface area contributed by atoms with E-state index in [0.29, 0.717) is 0 Å². The van der Waals surface area contributed by atoms with Crippen molar-refractivity contribution in [3.8, 4) is 16.8 Å². The van der Waals surface area contributed by atoms with Crippen molar-refractivity contribution in [1.82, 2.24) is 18.4 Å². The first-order valence-corrected chi connectivity index (χ1v) is 20.4. The summed E-state index contributed by atoms with van der Waals surface area (Å²) < 4.78 is 7.36. The number of hydrogen-bond donors (Lipinski definition) is 0. The number of pyridine rings is 1. The summed E-state index contributed by atoms with van der Waals surface area (Å²) in [6.45, 7) is 0. The molecule has 4 nitrogen and oxygen atoms in total. The third-order valence-electron chi connectivity index (χ3n) is 13.4. The van der Waals surface area contributed by atoms with E-state index < -0.39 is 0 Å². The van der Waals surface area contributed by atoms with Gasteiger partial charge in [-0.05, 0) is 75.6 Å².